The van der Waals surface area contributed by atoms with Crippen LogP contribution >= 0.6 is 11.6 Å². The number of carbonyl (C=O) groups excluding carboxylic acids is 1. The van der Waals surface area contributed by atoms with Crippen LogP contribution in [-0.2, 0) is 4.74 Å². The number of carbonyl (C=O) groups is 1. The Hall–Kier alpha value is -2.64. The quantitative estimate of drug-likeness (QED) is 0.632. The molecule has 8 heteroatoms. The van der Waals surface area contributed by atoms with Gasteiger partial charge in [0.1, 0.15) is 0 Å². The van der Waals surface area contributed by atoms with Crippen molar-refractivity contribution in [1.82, 2.24) is 0 Å². The molecule has 2 aromatic rings. The van der Waals surface area contributed by atoms with Crippen LogP contribution < -0.4 is 10.2 Å². The largest absolute Gasteiger partial charge is 0.378 e. The number of nitrogens with zero attached hydrogens (tertiary/aromatic N) is 2. The van der Waals surface area contributed by atoms with E-state index in [1.54, 1.807) is 12.1 Å². The molecule has 0 bridgehead atoms. The molecule has 0 unspecified atom stereocenters. The van der Waals surface area contributed by atoms with Gasteiger partial charge in [-0.3, -0.25) is 14.9 Å². The lowest BCUT2D eigenvalue weighted by atomic mass is 10.1. The number of hydrogen-bond acceptors (Lipinski definition) is 5. The number of ether oxygens (including phenoxy) is 1. The van der Waals surface area contributed by atoms with Crippen LogP contribution in [0.1, 0.15) is 21.5 Å². The summed E-state index contributed by atoms with van der Waals surface area (Å²) in [5.74, 6) is -0.436. The highest BCUT2D eigenvalue weighted by atomic mass is 35.5. The second-order valence-electron chi connectivity index (χ2n) is 6.45. The number of amides is 1. The van der Waals surface area contributed by atoms with E-state index >= 15 is 0 Å². The molecule has 1 aliphatic heterocycles. The van der Waals surface area contributed by atoms with Crippen LogP contribution in [0.3, 0.4) is 0 Å². The molecule has 0 saturated carbocycles. The maximum atomic E-state index is 13.0. The van der Waals surface area contributed by atoms with Gasteiger partial charge in [0, 0.05) is 25.2 Å². The SMILES string of the molecule is Cc1cc(C)c(NC(=O)c2cc([N+](=O)[O-])ccc2N2CCOCC2)c(Cl)c1. The lowest BCUT2D eigenvalue weighted by molar-refractivity contribution is -0.384. The molecule has 7 nitrogen and oxygen atoms in total. The third-order valence-electron chi connectivity index (χ3n) is 4.46. The van der Waals surface area contributed by atoms with Crippen LogP contribution in [-0.4, -0.2) is 37.1 Å². The zero-order valence-electron chi connectivity index (χ0n) is 15.1. The molecule has 1 N–H and O–H groups in total. The fourth-order valence-corrected chi connectivity index (χ4v) is 3.52. The molecule has 0 aromatic heterocycles. The van der Waals surface area contributed by atoms with Gasteiger partial charge in [-0.15, -0.1) is 0 Å². The Kier molecular flexibility index (Phi) is 5.62. The molecular formula is C19H20ClN3O4. The highest BCUT2D eigenvalue weighted by molar-refractivity contribution is 6.34. The van der Waals surface area contributed by atoms with Crippen LogP contribution in [0.5, 0.6) is 0 Å². The number of anilines is 2. The first kappa shape index (κ1) is 19.1. The summed E-state index contributed by atoms with van der Waals surface area (Å²) in [5.41, 5.74) is 3.06. The van der Waals surface area contributed by atoms with Gasteiger partial charge in [0.05, 0.1) is 40.1 Å². The number of non-ortho nitro benzene ring substituents is 1. The Labute approximate surface area is 162 Å². The van der Waals surface area contributed by atoms with Crippen molar-refractivity contribution in [2.75, 3.05) is 36.5 Å². The van der Waals surface area contributed by atoms with Crippen molar-refractivity contribution < 1.29 is 14.5 Å². The molecule has 27 heavy (non-hydrogen) atoms. The maximum Gasteiger partial charge on any atom is 0.270 e. The molecule has 2 aromatic carbocycles. The van der Waals surface area contributed by atoms with Gasteiger partial charge < -0.3 is 15.0 Å². The minimum Gasteiger partial charge on any atom is -0.378 e. The van der Waals surface area contributed by atoms with Crippen LogP contribution in [0.4, 0.5) is 17.1 Å². The fourth-order valence-electron chi connectivity index (χ4n) is 3.15. The van der Waals surface area contributed by atoms with Gasteiger partial charge in [-0.05, 0) is 37.1 Å². The van der Waals surface area contributed by atoms with Crippen molar-refractivity contribution in [3.05, 3.63) is 62.2 Å². The number of hydrogen-bond donors (Lipinski definition) is 1. The second kappa shape index (κ2) is 7.94. The van der Waals surface area contributed by atoms with E-state index in [1.165, 1.54) is 12.1 Å². The predicted octanol–water partition coefficient (Wildman–Crippen LogP) is 3.95. The molecule has 142 valence electrons. The van der Waals surface area contributed by atoms with Gasteiger partial charge in [-0.25, -0.2) is 0 Å². The Bertz CT molecular complexity index is 872. The average Bonchev–Trinajstić information content (AvgIpc) is 2.64. The molecule has 0 spiro atoms. The van der Waals surface area contributed by atoms with Crippen LogP contribution in [0, 0.1) is 24.0 Å². The van der Waals surface area contributed by atoms with Crippen LogP contribution in [0.25, 0.3) is 0 Å². The van der Waals surface area contributed by atoms with Gasteiger partial charge in [0.15, 0.2) is 0 Å². The summed E-state index contributed by atoms with van der Waals surface area (Å²) in [7, 11) is 0. The number of rotatable bonds is 4. The first-order valence-electron chi connectivity index (χ1n) is 8.56. The zero-order chi connectivity index (χ0) is 19.6. The normalized spacial score (nSPS) is 14.1. The molecule has 3 rings (SSSR count). The fraction of sp³-hybridized carbons (Fsp3) is 0.316. The number of nitro groups is 1. The molecule has 0 aliphatic carbocycles. The lowest BCUT2D eigenvalue weighted by Crippen LogP contribution is -2.37. The Morgan fingerprint density at radius 1 is 1.22 bits per heavy atom. The van der Waals surface area contributed by atoms with Crippen molar-refractivity contribution in [1.29, 1.82) is 0 Å². The van der Waals surface area contributed by atoms with E-state index < -0.39 is 10.8 Å². The molecule has 1 aliphatic rings. The average molecular weight is 390 g/mol. The number of halogens is 1. The van der Waals surface area contributed by atoms with Crippen LogP contribution in [0.2, 0.25) is 5.02 Å². The van der Waals surface area contributed by atoms with E-state index in [4.69, 9.17) is 16.3 Å². The van der Waals surface area contributed by atoms with Crippen molar-refractivity contribution in [3.63, 3.8) is 0 Å². The van der Waals surface area contributed by atoms with E-state index in [-0.39, 0.29) is 11.3 Å². The summed E-state index contributed by atoms with van der Waals surface area (Å²) in [5, 5.41) is 14.4. The van der Waals surface area contributed by atoms with Gasteiger partial charge in [0.25, 0.3) is 11.6 Å². The topological polar surface area (TPSA) is 84.7 Å². The summed E-state index contributed by atoms with van der Waals surface area (Å²) in [4.78, 5) is 25.7. The number of benzene rings is 2. The third-order valence-corrected chi connectivity index (χ3v) is 4.76. The summed E-state index contributed by atoms with van der Waals surface area (Å²) in [6, 6.07) is 8.00. The highest BCUT2D eigenvalue weighted by Crippen LogP contribution is 2.31. The van der Waals surface area contributed by atoms with Crippen LogP contribution in [0.15, 0.2) is 30.3 Å². The zero-order valence-corrected chi connectivity index (χ0v) is 15.9. The summed E-state index contributed by atoms with van der Waals surface area (Å²) in [6.45, 7) is 6.08. The van der Waals surface area contributed by atoms with Gasteiger partial charge >= 0.3 is 0 Å². The van der Waals surface area contributed by atoms with Gasteiger partial charge in [-0.2, -0.15) is 0 Å². The van der Waals surface area contributed by atoms with E-state index in [1.807, 2.05) is 24.8 Å². The van der Waals surface area contributed by atoms with Crippen molar-refractivity contribution in [2.24, 2.45) is 0 Å². The number of morpholine rings is 1. The van der Waals surface area contributed by atoms with E-state index in [2.05, 4.69) is 5.32 Å². The summed E-state index contributed by atoms with van der Waals surface area (Å²) >= 11 is 6.29. The summed E-state index contributed by atoms with van der Waals surface area (Å²) < 4.78 is 5.35. The summed E-state index contributed by atoms with van der Waals surface area (Å²) in [6.07, 6.45) is 0. The smallest absolute Gasteiger partial charge is 0.270 e. The molecule has 0 atom stereocenters. The molecule has 0 radical (unpaired) electrons. The van der Waals surface area contributed by atoms with Crippen molar-refractivity contribution in [2.45, 2.75) is 13.8 Å². The molecule has 1 fully saturated rings. The third kappa shape index (κ3) is 4.20. The first-order valence-corrected chi connectivity index (χ1v) is 8.94. The predicted molar refractivity (Wildman–Crippen MR) is 105 cm³/mol. The lowest BCUT2D eigenvalue weighted by Gasteiger charge is -2.30. The second-order valence-corrected chi connectivity index (χ2v) is 6.86. The molecule has 1 heterocycles. The van der Waals surface area contributed by atoms with Gasteiger partial charge in [-0.1, -0.05) is 17.7 Å². The Morgan fingerprint density at radius 3 is 2.56 bits per heavy atom. The van der Waals surface area contributed by atoms with E-state index in [9.17, 15) is 14.9 Å². The molecule has 1 saturated heterocycles. The van der Waals surface area contributed by atoms with Crippen molar-refractivity contribution >= 4 is 34.6 Å². The first-order chi connectivity index (χ1) is 12.9. The number of nitrogens with one attached hydrogen (secondary N) is 1. The number of nitro benzene ring substituents is 1. The Morgan fingerprint density at radius 2 is 1.93 bits per heavy atom. The van der Waals surface area contributed by atoms with E-state index in [0.29, 0.717) is 42.7 Å². The molecular weight excluding hydrogens is 370 g/mol. The minimum absolute atomic E-state index is 0.135. The van der Waals surface area contributed by atoms with Crippen molar-refractivity contribution in [3.8, 4) is 0 Å². The Balaban J connectivity index is 1.99. The molecule has 1 amide bonds. The maximum absolute atomic E-state index is 13.0. The van der Waals surface area contributed by atoms with Gasteiger partial charge in [0.2, 0.25) is 0 Å². The standard InChI is InChI=1S/C19H20ClN3O4/c1-12-9-13(2)18(16(20)10-12)21-19(24)15-11-14(23(25)26)3-4-17(15)22-5-7-27-8-6-22/h3-4,9-11H,5-8H2,1-2H3,(H,21,24). The van der Waals surface area contributed by atoms with E-state index in [0.717, 1.165) is 11.1 Å². The monoisotopic (exact) mass is 389 g/mol. The highest BCUT2D eigenvalue weighted by Gasteiger charge is 2.23. The number of aryl methyl sites for hydroxylation is 2. The minimum atomic E-state index is -0.510.